The summed E-state index contributed by atoms with van der Waals surface area (Å²) in [5.41, 5.74) is 0.457. The van der Waals surface area contributed by atoms with Crippen LogP contribution in [0, 0.1) is 12.7 Å². The molecule has 0 aliphatic heterocycles. The number of halogens is 1. The van der Waals surface area contributed by atoms with E-state index >= 15 is 0 Å². The van der Waals surface area contributed by atoms with Crippen molar-refractivity contribution < 1.29 is 13.5 Å². The highest BCUT2D eigenvalue weighted by atomic mass is 19.1. The second kappa shape index (κ2) is 4.36. The van der Waals surface area contributed by atoms with Gasteiger partial charge in [0.25, 0.3) is 5.89 Å². The van der Waals surface area contributed by atoms with E-state index in [-0.39, 0.29) is 23.8 Å². The summed E-state index contributed by atoms with van der Waals surface area (Å²) in [6, 6.07) is 1.49. The predicted molar refractivity (Wildman–Crippen MR) is 52.9 cm³/mol. The number of hydrogen-bond acceptors (Lipinski definition) is 5. The third kappa shape index (κ3) is 1.92. The number of pyridine rings is 1. The molecule has 0 aliphatic carbocycles. The normalized spacial score (nSPS) is 10.7. The Morgan fingerprint density at radius 1 is 1.44 bits per heavy atom. The van der Waals surface area contributed by atoms with E-state index in [0.717, 1.165) is 0 Å². The van der Waals surface area contributed by atoms with Gasteiger partial charge in [-0.3, -0.25) is 4.98 Å². The van der Waals surface area contributed by atoms with Gasteiger partial charge in [-0.25, -0.2) is 4.39 Å². The van der Waals surface area contributed by atoms with E-state index < -0.39 is 5.82 Å². The van der Waals surface area contributed by atoms with Gasteiger partial charge in [0.1, 0.15) is 5.69 Å². The molecule has 2 heterocycles. The lowest BCUT2D eigenvalue weighted by molar-refractivity contribution is 0.177. The lowest BCUT2D eigenvalue weighted by Gasteiger charge is -2.03. The number of aromatic nitrogens is 3. The molecule has 16 heavy (non-hydrogen) atoms. The van der Waals surface area contributed by atoms with Gasteiger partial charge in [-0.05, 0) is 6.07 Å². The molecule has 2 aromatic rings. The first-order chi connectivity index (χ1) is 7.72. The van der Waals surface area contributed by atoms with Crippen molar-refractivity contribution in [2.75, 3.05) is 7.11 Å². The SMILES string of the molecule is COCc1nccc(-c2nnc(C)o2)c1F. The summed E-state index contributed by atoms with van der Waals surface area (Å²) in [6.07, 6.45) is 1.48. The molecular formula is C10H10FN3O2. The van der Waals surface area contributed by atoms with Crippen molar-refractivity contribution >= 4 is 0 Å². The fourth-order valence-corrected chi connectivity index (χ4v) is 1.29. The Morgan fingerprint density at radius 3 is 2.88 bits per heavy atom. The quantitative estimate of drug-likeness (QED) is 0.792. The number of rotatable bonds is 3. The maximum Gasteiger partial charge on any atom is 0.250 e. The monoisotopic (exact) mass is 223 g/mol. The zero-order valence-electron chi connectivity index (χ0n) is 8.90. The van der Waals surface area contributed by atoms with Gasteiger partial charge in [0.05, 0.1) is 12.2 Å². The van der Waals surface area contributed by atoms with E-state index in [4.69, 9.17) is 9.15 Å². The summed E-state index contributed by atoms with van der Waals surface area (Å²) in [4.78, 5) is 3.87. The molecule has 84 valence electrons. The van der Waals surface area contributed by atoms with E-state index in [9.17, 15) is 4.39 Å². The second-order valence-electron chi connectivity index (χ2n) is 3.18. The first kappa shape index (κ1) is 10.7. The Kier molecular flexibility index (Phi) is 2.91. The Bertz CT molecular complexity index is 499. The molecule has 0 aromatic carbocycles. The molecule has 0 saturated carbocycles. The van der Waals surface area contributed by atoms with Crippen molar-refractivity contribution in [3.05, 3.63) is 29.7 Å². The Balaban J connectivity index is 2.45. The summed E-state index contributed by atoms with van der Waals surface area (Å²) in [6.45, 7) is 1.75. The molecule has 2 rings (SSSR count). The Labute approximate surface area is 91.3 Å². The maximum absolute atomic E-state index is 13.9. The van der Waals surface area contributed by atoms with Gasteiger partial charge in [0, 0.05) is 20.2 Å². The molecule has 0 radical (unpaired) electrons. The lowest BCUT2D eigenvalue weighted by atomic mass is 10.2. The van der Waals surface area contributed by atoms with Gasteiger partial charge < -0.3 is 9.15 Å². The predicted octanol–water partition coefficient (Wildman–Crippen LogP) is 1.73. The molecule has 0 saturated heterocycles. The summed E-state index contributed by atoms with van der Waals surface area (Å²) in [7, 11) is 1.48. The molecule has 0 aliphatic rings. The first-order valence-electron chi connectivity index (χ1n) is 4.65. The minimum Gasteiger partial charge on any atom is -0.421 e. The molecule has 6 heteroatoms. The largest absolute Gasteiger partial charge is 0.421 e. The van der Waals surface area contributed by atoms with Crippen LogP contribution < -0.4 is 0 Å². The van der Waals surface area contributed by atoms with Crippen molar-refractivity contribution in [3.8, 4) is 11.5 Å². The van der Waals surface area contributed by atoms with Crippen molar-refractivity contribution in [2.45, 2.75) is 13.5 Å². The summed E-state index contributed by atoms with van der Waals surface area (Å²) >= 11 is 0. The summed E-state index contributed by atoms with van der Waals surface area (Å²) < 4.78 is 23.9. The van der Waals surface area contributed by atoms with E-state index in [1.165, 1.54) is 19.4 Å². The van der Waals surface area contributed by atoms with Crippen LogP contribution in [-0.2, 0) is 11.3 Å². The molecule has 0 spiro atoms. The van der Waals surface area contributed by atoms with Crippen LogP contribution >= 0.6 is 0 Å². The van der Waals surface area contributed by atoms with Crippen LogP contribution in [0.25, 0.3) is 11.5 Å². The van der Waals surface area contributed by atoms with Crippen LogP contribution in [0.3, 0.4) is 0 Å². The van der Waals surface area contributed by atoms with E-state index in [1.807, 2.05) is 0 Å². The topological polar surface area (TPSA) is 61.0 Å². The molecule has 0 bridgehead atoms. The van der Waals surface area contributed by atoms with Crippen molar-refractivity contribution in [1.29, 1.82) is 0 Å². The highest BCUT2D eigenvalue weighted by Crippen LogP contribution is 2.22. The van der Waals surface area contributed by atoms with Gasteiger partial charge in [-0.2, -0.15) is 0 Å². The molecule has 2 aromatic heterocycles. The minimum atomic E-state index is -0.493. The average Bonchev–Trinajstić information content (AvgIpc) is 2.68. The first-order valence-corrected chi connectivity index (χ1v) is 4.65. The molecule has 5 nitrogen and oxygen atoms in total. The third-order valence-corrected chi connectivity index (χ3v) is 2.00. The summed E-state index contributed by atoms with van der Waals surface area (Å²) in [5, 5.41) is 7.40. The van der Waals surface area contributed by atoms with Crippen molar-refractivity contribution in [3.63, 3.8) is 0 Å². The highest BCUT2D eigenvalue weighted by molar-refractivity contribution is 5.53. The number of methoxy groups -OCH3 is 1. The fraction of sp³-hybridized carbons (Fsp3) is 0.300. The van der Waals surface area contributed by atoms with Gasteiger partial charge in [-0.1, -0.05) is 0 Å². The van der Waals surface area contributed by atoms with Gasteiger partial charge in [0.2, 0.25) is 5.89 Å². The summed E-state index contributed by atoms with van der Waals surface area (Å²) in [5.74, 6) is 0.0438. The number of nitrogens with zero attached hydrogens (tertiary/aromatic N) is 3. The van der Waals surface area contributed by atoms with Crippen LogP contribution in [0.15, 0.2) is 16.7 Å². The fourth-order valence-electron chi connectivity index (χ4n) is 1.29. The Morgan fingerprint density at radius 2 is 2.25 bits per heavy atom. The van der Waals surface area contributed by atoms with Gasteiger partial charge >= 0.3 is 0 Å². The maximum atomic E-state index is 13.9. The lowest BCUT2D eigenvalue weighted by Crippen LogP contribution is -1.99. The molecule has 0 fully saturated rings. The van der Waals surface area contributed by atoms with Crippen LogP contribution in [0.5, 0.6) is 0 Å². The van der Waals surface area contributed by atoms with Crippen LogP contribution in [0.4, 0.5) is 4.39 Å². The molecule has 0 amide bonds. The highest BCUT2D eigenvalue weighted by Gasteiger charge is 2.15. The Hall–Kier alpha value is -1.82. The van der Waals surface area contributed by atoms with E-state index in [2.05, 4.69) is 15.2 Å². The molecule has 0 unspecified atom stereocenters. The zero-order valence-corrected chi connectivity index (χ0v) is 8.90. The minimum absolute atomic E-state index is 0.104. The van der Waals surface area contributed by atoms with E-state index in [0.29, 0.717) is 5.89 Å². The smallest absolute Gasteiger partial charge is 0.250 e. The van der Waals surface area contributed by atoms with E-state index in [1.54, 1.807) is 6.92 Å². The molecule has 0 N–H and O–H groups in total. The molecular weight excluding hydrogens is 213 g/mol. The standard InChI is InChI=1S/C10H10FN3O2/c1-6-13-14-10(16-6)7-3-4-12-8(5-15-2)9(7)11/h3-4H,5H2,1-2H3. The number of aryl methyl sites for hydroxylation is 1. The van der Waals surface area contributed by atoms with Crippen molar-refractivity contribution in [1.82, 2.24) is 15.2 Å². The zero-order chi connectivity index (χ0) is 11.5. The van der Waals surface area contributed by atoms with Crippen molar-refractivity contribution in [2.24, 2.45) is 0 Å². The number of hydrogen-bond donors (Lipinski definition) is 0. The van der Waals surface area contributed by atoms with Crippen LogP contribution in [0.1, 0.15) is 11.6 Å². The third-order valence-electron chi connectivity index (χ3n) is 2.00. The second-order valence-corrected chi connectivity index (χ2v) is 3.18. The van der Waals surface area contributed by atoms with Gasteiger partial charge in [-0.15, -0.1) is 10.2 Å². The van der Waals surface area contributed by atoms with Crippen LogP contribution in [-0.4, -0.2) is 22.3 Å². The molecule has 0 atom stereocenters. The average molecular weight is 223 g/mol. The van der Waals surface area contributed by atoms with Gasteiger partial charge in [0.15, 0.2) is 5.82 Å². The van der Waals surface area contributed by atoms with Crippen LogP contribution in [0.2, 0.25) is 0 Å². The number of ether oxygens (including phenoxy) is 1.